The fourth-order valence-corrected chi connectivity index (χ4v) is 2.88. The summed E-state index contributed by atoms with van der Waals surface area (Å²) in [4.78, 5) is 2.30. The average Bonchev–Trinajstić information content (AvgIpc) is 2.97. The lowest BCUT2D eigenvalue weighted by Crippen LogP contribution is -2.36. The molecule has 19 heavy (non-hydrogen) atoms. The van der Waals surface area contributed by atoms with Crippen molar-refractivity contribution >= 4 is 11.3 Å². The van der Waals surface area contributed by atoms with E-state index in [1.807, 2.05) is 6.20 Å². The molecule has 0 fully saturated rings. The van der Waals surface area contributed by atoms with Crippen LogP contribution in [0.5, 0.6) is 0 Å². The maximum atomic E-state index is 5.79. The van der Waals surface area contributed by atoms with Crippen molar-refractivity contribution in [3.63, 3.8) is 0 Å². The van der Waals surface area contributed by atoms with E-state index < -0.39 is 0 Å². The Hall–Kier alpha value is -1.17. The number of nitrogens with zero attached hydrogens (tertiary/aromatic N) is 2. The van der Waals surface area contributed by atoms with Gasteiger partial charge >= 0.3 is 0 Å². The molecule has 5 heteroatoms. The average molecular weight is 278 g/mol. The lowest BCUT2D eigenvalue weighted by Gasteiger charge is -2.28. The minimum absolute atomic E-state index is 0.140. The predicted molar refractivity (Wildman–Crippen MR) is 81.1 cm³/mol. The quantitative estimate of drug-likeness (QED) is 0.854. The van der Waals surface area contributed by atoms with Gasteiger partial charge in [-0.1, -0.05) is 13.8 Å². The summed E-state index contributed by atoms with van der Waals surface area (Å²) in [5.74, 6) is 0. The number of hydrogen-bond acceptors (Lipinski definition) is 4. The van der Waals surface area contributed by atoms with E-state index in [2.05, 4.69) is 52.8 Å². The smallest absolute Gasteiger partial charge is 0.0703 e. The maximum absolute atomic E-state index is 5.79. The van der Waals surface area contributed by atoms with Crippen molar-refractivity contribution in [2.24, 2.45) is 11.1 Å². The highest BCUT2D eigenvalue weighted by Gasteiger charge is 2.19. The third kappa shape index (κ3) is 3.65. The minimum Gasteiger partial charge on any atom is -0.330 e. The lowest BCUT2D eigenvalue weighted by atomic mass is 9.93. The van der Waals surface area contributed by atoms with Gasteiger partial charge in [-0.3, -0.25) is 5.10 Å². The van der Waals surface area contributed by atoms with Gasteiger partial charge in [-0.15, -0.1) is 0 Å². The van der Waals surface area contributed by atoms with Gasteiger partial charge in [-0.25, -0.2) is 0 Å². The standard InChI is InChI=1S/C14H22N4S/c1-14(2,9-15)10-18(3)7-12-6-16-17-13(12)11-4-5-19-8-11/h4-6,8H,7,9-10,15H2,1-3H3,(H,16,17). The molecule has 2 aromatic rings. The second-order valence-electron chi connectivity index (χ2n) is 5.82. The summed E-state index contributed by atoms with van der Waals surface area (Å²) < 4.78 is 0. The zero-order valence-electron chi connectivity index (χ0n) is 11.8. The fourth-order valence-electron chi connectivity index (χ4n) is 2.23. The van der Waals surface area contributed by atoms with Crippen molar-refractivity contribution < 1.29 is 0 Å². The molecule has 0 saturated heterocycles. The van der Waals surface area contributed by atoms with Gasteiger partial charge in [0, 0.05) is 29.6 Å². The summed E-state index contributed by atoms with van der Waals surface area (Å²) in [5, 5.41) is 11.5. The van der Waals surface area contributed by atoms with E-state index in [0.29, 0.717) is 6.54 Å². The summed E-state index contributed by atoms with van der Waals surface area (Å²) in [5.41, 5.74) is 9.50. The topological polar surface area (TPSA) is 57.9 Å². The number of aromatic amines is 1. The first kappa shape index (κ1) is 14.2. The fraction of sp³-hybridized carbons (Fsp3) is 0.500. The Morgan fingerprint density at radius 1 is 1.47 bits per heavy atom. The van der Waals surface area contributed by atoms with Crippen molar-refractivity contribution in [1.82, 2.24) is 15.1 Å². The molecule has 3 N–H and O–H groups in total. The summed E-state index contributed by atoms with van der Waals surface area (Å²) in [6.07, 6.45) is 1.92. The molecule has 0 spiro atoms. The van der Waals surface area contributed by atoms with Gasteiger partial charge in [0.1, 0.15) is 0 Å². The molecule has 0 saturated carbocycles. The highest BCUT2D eigenvalue weighted by molar-refractivity contribution is 7.08. The van der Waals surface area contributed by atoms with Crippen molar-refractivity contribution in [2.45, 2.75) is 20.4 Å². The Balaban J connectivity index is 2.06. The Kier molecular flexibility index (Phi) is 4.39. The zero-order valence-corrected chi connectivity index (χ0v) is 12.6. The number of hydrogen-bond donors (Lipinski definition) is 2. The van der Waals surface area contributed by atoms with E-state index in [9.17, 15) is 0 Å². The van der Waals surface area contributed by atoms with Crippen LogP contribution in [-0.4, -0.2) is 35.2 Å². The largest absolute Gasteiger partial charge is 0.330 e. The van der Waals surface area contributed by atoms with Crippen LogP contribution in [0, 0.1) is 5.41 Å². The van der Waals surface area contributed by atoms with Gasteiger partial charge in [-0.05, 0) is 30.5 Å². The molecular weight excluding hydrogens is 256 g/mol. The molecule has 2 heterocycles. The molecule has 0 atom stereocenters. The minimum atomic E-state index is 0.140. The number of aromatic nitrogens is 2. The predicted octanol–water partition coefficient (Wildman–Crippen LogP) is 2.55. The molecule has 2 aromatic heterocycles. The summed E-state index contributed by atoms with van der Waals surface area (Å²) in [6, 6.07) is 2.12. The van der Waals surface area contributed by atoms with Gasteiger partial charge in [-0.2, -0.15) is 16.4 Å². The summed E-state index contributed by atoms with van der Waals surface area (Å²) in [6.45, 7) is 6.93. The van der Waals surface area contributed by atoms with Gasteiger partial charge in [0.15, 0.2) is 0 Å². The molecule has 0 aliphatic heterocycles. The first-order valence-electron chi connectivity index (χ1n) is 6.45. The lowest BCUT2D eigenvalue weighted by molar-refractivity contribution is 0.210. The molecule has 0 radical (unpaired) electrons. The highest BCUT2D eigenvalue weighted by Crippen LogP contribution is 2.25. The van der Waals surface area contributed by atoms with Gasteiger partial charge in [0.2, 0.25) is 0 Å². The second-order valence-corrected chi connectivity index (χ2v) is 6.60. The first-order chi connectivity index (χ1) is 9.02. The molecule has 0 aliphatic rings. The molecule has 0 unspecified atom stereocenters. The van der Waals surface area contributed by atoms with Crippen molar-refractivity contribution in [1.29, 1.82) is 0 Å². The SMILES string of the molecule is CN(Cc1cn[nH]c1-c1ccsc1)CC(C)(C)CN. The Labute approximate surface area is 118 Å². The third-order valence-corrected chi connectivity index (χ3v) is 3.90. The Morgan fingerprint density at radius 3 is 2.89 bits per heavy atom. The van der Waals surface area contributed by atoms with Crippen LogP contribution in [0.25, 0.3) is 11.3 Å². The van der Waals surface area contributed by atoms with Crippen LogP contribution in [0.3, 0.4) is 0 Å². The van der Waals surface area contributed by atoms with Crippen LogP contribution in [-0.2, 0) is 6.54 Å². The number of H-pyrrole nitrogens is 1. The third-order valence-electron chi connectivity index (χ3n) is 3.22. The number of rotatable bonds is 6. The second kappa shape index (κ2) is 5.86. The summed E-state index contributed by atoms with van der Waals surface area (Å²) in [7, 11) is 2.13. The van der Waals surface area contributed by atoms with Gasteiger partial charge in [0.25, 0.3) is 0 Å². The highest BCUT2D eigenvalue weighted by atomic mass is 32.1. The molecular formula is C14H22N4S. The van der Waals surface area contributed by atoms with Crippen LogP contribution < -0.4 is 5.73 Å². The summed E-state index contributed by atoms with van der Waals surface area (Å²) >= 11 is 1.70. The number of nitrogens with two attached hydrogens (primary N) is 1. The van der Waals surface area contributed by atoms with E-state index in [0.717, 1.165) is 18.8 Å². The maximum Gasteiger partial charge on any atom is 0.0703 e. The Morgan fingerprint density at radius 2 is 2.26 bits per heavy atom. The molecule has 104 valence electrons. The van der Waals surface area contributed by atoms with Gasteiger partial charge in [0.05, 0.1) is 11.9 Å². The first-order valence-corrected chi connectivity index (χ1v) is 7.39. The van der Waals surface area contributed by atoms with Crippen LogP contribution in [0.4, 0.5) is 0 Å². The van der Waals surface area contributed by atoms with Crippen LogP contribution in [0.2, 0.25) is 0 Å². The molecule has 0 aromatic carbocycles. The van der Waals surface area contributed by atoms with Crippen LogP contribution in [0.15, 0.2) is 23.0 Å². The van der Waals surface area contributed by atoms with Crippen molar-refractivity contribution in [3.8, 4) is 11.3 Å². The molecule has 2 rings (SSSR count). The van der Waals surface area contributed by atoms with Crippen molar-refractivity contribution in [2.75, 3.05) is 20.1 Å². The monoisotopic (exact) mass is 278 g/mol. The van der Waals surface area contributed by atoms with E-state index in [-0.39, 0.29) is 5.41 Å². The van der Waals surface area contributed by atoms with Crippen molar-refractivity contribution in [3.05, 3.63) is 28.6 Å². The molecule has 0 amide bonds. The van der Waals surface area contributed by atoms with E-state index in [1.165, 1.54) is 11.1 Å². The van der Waals surface area contributed by atoms with E-state index in [4.69, 9.17) is 5.73 Å². The van der Waals surface area contributed by atoms with Crippen LogP contribution >= 0.6 is 11.3 Å². The zero-order chi connectivity index (χ0) is 13.9. The molecule has 0 bridgehead atoms. The number of nitrogens with one attached hydrogen (secondary N) is 1. The molecule has 0 aliphatic carbocycles. The normalized spacial score (nSPS) is 12.3. The van der Waals surface area contributed by atoms with Crippen LogP contribution in [0.1, 0.15) is 19.4 Å². The van der Waals surface area contributed by atoms with E-state index >= 15 is 0 Å². The van der Waals surface area contributed by atoms with E-state index in [1.54, 1.807) is 11.3 Å². The molecule has 4 nitrogen and oxygen atoms in total. The van der Waals surface area contributed by atoms with Gasteiger partial charge < -0.3 is 10.6 Å². The Bertz CT molecular complexity index is 501. The number of thiophene rings is 1.